The molecule has 0 fully saturated rings. The minimum Gasteiger partial charge on any atom is -0.755 e. The van der Waals surface area contributed by atoms with E-state index < -0.39 is 23.0 Å². The highest BCUT2D eigenvalue weighted by atomic mass is 35.5. The van der Waals surface area contributed by atoms with Crippen LogP contribution < -0.4 is 9.62 Å². The first-order valence-electron chi connectivity index (χ1n) is 10.6. The predicted octanol–water partition coefficient (Wildman–Crippen LogP) is 5.48. The maximum absolute atomic E-state index is 13.3. The van der Waals surface area contributed by atoms with E-state index in [2.05, 4.69) is 14.1 Å². The van der Waals surface area contributed by atoms with Gasteiger partial charge in [0, 0.05) is 23.0 Å². The van der Waals surface area contributed by atoms with Crippen LogP contribution in [0.25, 0.3) is 0 Å². The standard InChI is InChI=1S/C24H19Cl2FN4O3S2/c25-17-7-9-22(19(13-17)24(32)28-11-10-16-6-8-18(27)14-20(16)26)31(36(33)34)23-21(29-35-30-23)12-15-4-2-1-3-5-15/h1-9,13-14H,10-12H2,(H,28,32)(H,33,34)/p-1. The molecule has 0 spiro atoms. The lowest BCUT2D eigenvalue weighted by Gasteiger charge is -2.27. The van der Waals surface area contributed by atoms with Gasteiger partial charge in [0.25, 0.3) is 5.91 Å². The predicted molar refractivity (Wildman–Crippen MR) is 139 cm³/mol. The fraction of sp³-hybridized carbons (Fsp3) is 0.125. The van der Waals surface area contributed by atoms with Gasteiger partial charge in [-0.25, -0.2) is 4.39 Å². The Morgan fingerprint density at radius 1 is 1.08 bits per heavy atom. The number of aromatic nitrogens is 2. The summed E-state index contributed by atoms with van der Waals surface area (Å²) >= 11 is 10.3. The second kappa shape index (κ2) is 11.9. The van der Waals surface area contributed by atoms with Crippen LogP contribution in [0.3, 0.4) is 0 Å². The Morgan fingerprint density at radius 2 is 1.86 bits per heavy atom. The van der Waals surface area contributed by atoms with Crippen LogP contribution in [0.4, 0.5) is 15.9 Å². The van der Waals surface area contributed by atoms with Crippen LogP contribution in [0, 0.1) is 5.82 Å². The van der Waals surface area contributed by atoms with Gasteiger partial charge in [0.05, 0.1) is 34.2 Å². The zero-order valence-corrected chi connectivity index (χ0v) is 21.6. The summed E-state index contributed by atoms with van der Waals surface area (Å²) in [5.74, 6) is -0.897. The molecule has 0 saturated carbocycles. The quantitative estimate of drug-likeness (QED) is 0.272. The average molecular weight is 564 g/mol. The first-order chi connectivity index (χ1) is 17.3. The molecule has 1 N–H and O–H groups in total. The van der Waals surface area contributed by atoms with Gasteiger partial charge in [-0.05, 0) is 47.9 Å². The molecule has 12 heteroatoms. The van der Waals surface area contributed by atoms with E-state index in [1.807, 2.05) is 30.3 Å². The van der Waals surface area contributed by atoms with Crippen molar-refractivity contribution in [1.29, 1.82) is 0 Å². The van der Waals surface area contributed by atoms with Gasteiger partial charge in [0.15, 0.2) is 5.82 Å². The molecule has 7 nitrogen and oxygen atoms in total. The monoisotopic (exact) mass is 563 g/mol. The summed E-state index contributed by atoms with van der Waals surface area (Å²) in [6.45, 7) is 0.175. The summed E-state index contributed by atoms with van der Waals surface area (Å²) in [7, 11) is 0. The minimum atomic E-state index is -2.81. The Kier molecular flexibility index (Phi) is 8.65. The Labute approximate surface area is 223 Å². The fourth-order valence-electron chi connectivity index (χ4n) is 3.52. The maximum Gasteiger partial charge on any atom is 0.253 e. The molecular weight excluding hydrogens is 546 g/mol. The summed E-state index contributed by atoms with van der Waals surface area (Å²) in [6.07, 6.45) is 0.698. The summed E-state index contributed by atoms with van der Waals surface area (Å²) in [5.41, 5.74) is 2.15. The lowest BCUT2D eigenvalue weighted by atomic mass is 10.1. The van der Waals surface area contributed by atoms with Gasteiger partial charge in [0.1, 0.15) is 11.5 Å². The zero-order chi connectivity index (χ0) is 25.7. The third kappa shape index (κ3) is 6.26. The molecule has 1 amide bonds. The Balaban J connectivity index is 1.60. The second-order valence-electron chi connectivity index (χ2n) is 7.61. The number of carbonyl (C=O) groups excluding carboxylic acids is 1. The lowest BCUT2D eigenvalue weighted by Crippen LogP contribution is -2.29. The molecule has 1 atom stereocenters. The molecule has 0 saturated heterocycles. The topological polar surface area (TPSA) is 98.2 Å². The molecule has 0 aliphatic carbocycles. The molecule has 0 bridgehead atoms. The summed E-state index contributed by atoms with van der Waals surface area (Å²) in [6, 6.07) is 17.8. The number of carbonyl (C=O) groups is 1. The van der Waals surface area contributed by atoms with Gasteiger partial charge < -0.3 is 9.87 Å². The molecular formula is C24H18Cl2FN4O3S2-. The van der Waals surface area contributed by atoms with Gasteiger partial charge in [-0.3, -0.25) is 13.3 Å². The van der Waals surface area contributed by atoms with Crippen LogP contribution in [-0.4, -0.2) is 30.0 Å². The number of amides is 1. The number of hydrogen-bond donors (Lipinski definition) is 1. The highest BCUT2D eigenvalue weighted by Crippen LogP contribution is 2.34. The summed E-state index contributed by atoms with van der Waals surface area (Å²) in [5, 5.41) is 3.24. The maximum atomic E-state index is 13.3. The first kappa shape index (κ1) is 26.2. The molecule has 1 heterocycles. The van der Waals surface area contributed by atoms with Crippen LogP contribution >= 0.6 is 34.9 Å². The van der Waals surface area contributed by atoms with Crippen molar-refractivity contribution in [2.45, 2.75) is 12.8 Å². The van der Waals surface area contributed by atoms with E-state index in [9.17, 15) is 17.9 Å². The molecule has 186 valence electrons. The number of halogens is 3. The number of rotatable bonds is 9. The summed E-state index contributed by atoms with van der Waals surface area (Å²) in [4.78, 5) is 13.1. The van der Waals surface area contributed by atoms with Crippen molar-refractivity contribution in [2.24, 2.45) is 0 Å². The van der Waals surface area contributed by atoms with Crippen molar-refractivity contribution >= 4 is 63.6 Å². The molecule has 0 radical (unpaired) electrons. The Morgan fingerprint density at radius 3 is 2.58 bits per heavy atom. The molecule has 3 aromatic carbocycles. The van der Waals surface area contributed by atoms with Gasteiger partial charge in [0.2, 0.25) is 0 Å². The van der Waals surface area contributed by atoms with E-state index in [0.29, 0.717) is 24.1 Å². The van der Waals surface area contributed by atoms with Gasteiger partial charge in [-0.15, -0.1) is 0 Å². The molecule has 1 aromatic heterocycles. The van der Waals surface area contributed by atoms with E-state index in [1.54, 1.807) is 6.07 Å². The normalized spacial score (nSPS) is 11.8. The van der Waals surface area contributed by atoms with Crippen LogP contribution in [0.1, 0.15) is 27.2 Å². The van der Waals surface area contributed by atoms with Gasteiger partial charge >= 0.3 is 0 Å². The lowest BCUT2D eigenvalue weighted by molar-refractivity contribution is 0.0955. The van der Waals surface area contributed by atoms with E-state index in [4.69, 9.17) is 23.2 Å². The molecule has 0 aliphatic rings. The van der Waals surface area contributed by atoms with Crippen LogP contribution in [-0.2, 0) is 24.1 Å². The van der Waals surface area contributed by atoms with Crippen molar-refractivity contribution in [3.05, 3.63) is 105 Å². The Hall–Kier alpha value is -2.89. The van der Waals surface area contributed by atoms with Crippen molar-refractivity contribution in [3.8, 4) is 0 Å². The second-order valence-corrected chi connectivity index (χ2v) is 9.78. The number of anilines is 2. The third-order valence-electron chi connectivity index (χ3n) is 5.21. The average Bonchev–Trinajstić information content (AvgIpc) is 3.29. The summed E-state index contributed by atoms with van der Waals surface area (Å²) < 4.78 is 47.5. The van der Waals surface area contributed by atoms with Crippen molar-refractivity contribution in [1.82, 2.24) is 14.1 Å². The number of nitrogens with one attached hydrogen (secondary N) is 1. The van der Waals surface area contributed by atoms with Crippen molar-refractivity contribution in [2.75, 3.05) is 10.8 Å². The van der Waals surface area contributed by atoms with E-state index in [-0.39, 0.29) is 33.7 Å². The van der Waals surface area contributed by atoms with E-state index in [1.165, 1.54) is 30.3 Å². The van der Waals surface area contributed by atoms with Gasteiger partial charge in [-0.2, -0.15) is 8.75 Å². The van der Waals surface area contributed by atoms with E-state index in [0.717, 1.165) is 21.6 Å². The molecule has 4 aromatic rings. The molecule has 4 rings (SSSR count). The largest absolute Gasteiger partial charge is 0.755 e. The van der Waals surface area contributed by atoms with Crippen LogP contribution in [0.15, 0.2) is 66.7 Å². The smallest absolute Gasteiger partial charge is 0.253 e. The first-order valence-corrected chi connectivity index (χ1v) is 13.1. The Bertz CT molecular complexity index is 1410. The zero-order valence-electron chi connectivity index (χ0n) is 18.5. The highest BCUT2D eigenvalue weighted by molar-refractivity contribution is 7.81. The van der Waals surface area contributed by atoms with Crippen LogP contribution in [0.5, 0.6) is 0 Å². The molecule has 0 aliphatic heterocycles. The SMILES string of the molecule is O=C(NCCc1ccc(F)cc1Cl)c1cc(Cl)ccc1N(c1nsnc1Cc1ccccc1)S(=O)[O-]. The fourth-order valence-corrected chi connectivity index (χ4v) is 5.16. The van der Waals surface area contributed by atoms with Crippen molar-refractivity contribution in [3.63, 3.8) is 0 Å². The van der Waals surface area contributed by atoms with Gasteiger partial charge in [-0.1, -0.05) is 59.6 Å². The van der Waals surface area contributed by atoms with Crippen LogP contribution in [0.2, 0.25) is 10.0 Å². The highest BCUT2D eigenvalue weighted by Gasteiger charge is 2.24. The molecule has 1 unspecified atom stereocenters. The number of nitrogens with zero attached hydrogens (tertiary/aromatic N) is 3. The number of benzene rings is 3. The third-order valence-corrected chi connectivity index (χ3v) is 7.02. The van der Waals surface area contributed by atoms with E-state index >= 15 is 0 Å². The minimum absolute atomic E-state index is 0.0376. The number of hydrogen-bond acceptors (Lipinski definition) is 6. The van der Waals surface area contributed by atoms with Crippen molar-refractivity contribution < 1.29 is 17.9 Å². The molecule has 36 heavy (non-hydrogen) atoms.